The first-order valence-corrected chi connectivity index (χ1v) is 7.48. The SMILES string of the molecule is COc1cc(OC)c(OC)cc1/C=N/n1cnc2ccccc2c1=O. The van der Waals surface area contributed by atoms with E-state index in [2.05, 4.69) is 10.1 Å². The van der Waals surface area contributed by atoms with Crippen LogP contribution in [0.4, 0.5) is 0 Å². The van der Waals surface area contributed by atoms with Crippen LogP contribution in [0.1, 0.15) is 5.56 Å². The number of nitrogens with zero attached hydrogens (tertiary/aromatic N) is 3. The molecule has 0 spiro atoms. The first kappa shape index (κ1) is 16.5. The van der Waals surface area contributed by atoms with Crippen LogP contribution >= 0.6 is 0 Å². The summed E-state index contributed by atoms with van der Waals surface area (Å²) < 4.78 is 17.1. The topological polar surface area (TPSA) is 74.9 Å². The van der Waals surface area contributed by atoms with E-state index in [-0.39, 0.29) is 5.56 Å². The van der Waals surface area contributed by atoms with Gasteiger partial charge in [-0.3, -0.25) is 4.79 Å². The van der Waals surface area contributed by atoms with Crippen molar-refractivity contribution < 1.29 is 14.2 Å². The lowest BCUT2D eigenvalue weighted by atomic mass is 10.2. The summed E-state index contributed by atoms with van der Waals surface area (Å²) in [7, 11) is 4.64. The van der Waals surface area contributed by atoms with E-state index in [0.717, 1.165) is 0 Å². The summed E-state index contributed by atoms with van der Waals surface area (Å²) >= 11 is 0. The molecule has 0 aliphatic rings. The molecular weight excluding hydrogens is 322 g/mol. The van der Waals surface area contributed by atoms with Crippen LogP contribution in [-0.2, 0) is 0 Å². The Balaban J connectivity index is 2.05. The zero-order valence-electron chi connectivity index (χ0n) is 14.1. The Labute approximate surface area is 144 Å². The molecule has 0 aliphatic carbocycles. The van der Waals surface area contributed by atoms with Crippen molar-refractivity contribution in [2.75, 3.05) is 21.3 Å². The molecule has 0 aliphatic heterocycles. The molecular formula is C18H17N3O4. The molecule has 2 aromatic carbocycles. The molecule has 0 amide bonds. The van der Waals surface area contributed by atoms with E-state index in [1.807, 2.05) is 6.07 Å². The van der Waals surface area contributed by atoms with Gasteiger partial charge >= 0.3 is 0 Å². The molecule has 7 nitrogen and oxygen atoms in total. The number of hydrogen-bond donors (Lipinski definition) is 0. The standard InChI is InChI=1S/C18H17N3O4/c1-23-15-9-17(25-3)16(24-2)8-12(15)10-20-21-11-19-14-7-5-4-6-13(14)18(21)22/h4-11H,1-3H3/b20-10+. The van der Waals surface area contributed by atoms with Crippen LogP contribution < -0.4 is 19.8 Å². The van der Waals surface area contributed by atoms with Gasteiger partial charge in [0.1, 0.15) is 12.1 Å². The molecule has 25 heavy (non-hydrogen) atoms. The van der Waals surface area contributed by atoms with E-state index >= 15 is 0 Å². The summed E-state index contributed by atoms with van der Waals surface area (Å²) in [5.41, 5.74) is 1.02. The van der Waals surface area contributed by atoms with Crippen LogP contribution in [-0.4, -0.2) is 37.2 Å². The predicted molar refractivity (Wildman–Crippen MR) is 95.1 cm³/mol. The van der Waals surface area contributed by atoms with Crippen LogP contribution in [0, 0.1) is 0 Å². The minimum Gasteiger partial charge on any atom is -0.496 e. The Morgan fingerprint density at radius 2 is 1.68 bits per heavy atom. The minimum absolute atomic E-state index is 0.249. The Morgan fingerprint density at radius 1 is 1.00 bits per heavy atom. The average molecular weight is 339 g/mol. The molecule has 1 aromatic heterocycles. The molecule has 0 N–H and O–H groups in total. The monoisotopic (exact) mass is 339 g/mol. The van der Waals surface area contributed by atoms with Crippen LogP contribution in [0.25, 0.3) is 10.9 Å². The van der Waals surface area contributed by atoms with Crippen molar-refractivity contribution in [3.05, 3.63) is 58.6 Å². The van der Waals surface area contributed by atoms with Gasteiger partial charge in [-0.05, 0) is 18.2 Å². The predicted octanol–water partition coefficient (Wildman–Crippen LogP) is 2.30. The Kier molecular flexibility index (Phi) is 4.65. The van der Waals surface area contributed by atoms with Gasteiger partial charge in [0, 0.05) is 11.6 Å². The smallest absolute Gasteiger partial charge is 0.281 e. The number of rotatable bonds is 5. The number of methoxy groups -OCH3 is 3. The third-order valence-electron chi connectivity index (χ3n) is 3.71. The lowest BCUT2D eigenvalue weighted by Crippen LogP contribution is -2.17. The lowest BCUT2D eigenvalue weighted by Gasteiger charge is -2.11. The fourth-order valence-corrected chi connectivity index (χ4v) is 2.42. The lowest BCUT2D eigenvalue weighted by molar-refractivity contribution is 0.349. The second kappa shape index (κ2) is 7.04. The van der Waals surface area contributed by atoms with Gasteiger partial charge in [0.25, 0.3) is 5.56 Å². The maximum absolute atomic E-state index is 12.5. The van der Waals surface area contributed by atoms with Gasteiger partial charge in [-0.25, -0.2) is 4.98 Å². The van der Waals surface area contributed by atoms with Gasteiger partial charge in [0.05, 0.1) is 38.4 Å². The van der Waals surface area contributed by atoms with Gasteiger partial charge in [-0.1, -0.05) is 12.1 Å². The quantitative estimate of drug-likeness (QED) is 0.667. The van der Waals surface area contributed by atoms with E-state index in [1.54, 1.807) is 51.7 Å². The Morgan fingerprint density at radius 3 is 2.40 bits per heavy atom. The molecule has 3 aromatic rings. The van der Waals surface area contributed by atoms with Crippen LogP contribution in [0.5, 0.6) is 17.2 Å². The van der Waals surface area contributed by atoms with Crippen molar-refractivity contribution in [2.45, 2.75) is 0 Å². The molecule has 0 saturated carbocycles. The Hall–Kier alpha value is -3.35. The molecule has 0 bridgehead atoms. The van der Waals surface area contributed by atoms with E-state index in [9.17, 15) is 4.79 Å². The maximum Gasteiger partial charge on any atom is 0.281 e. The van der Waals surface area contributed by atoms with Gasteiger partial charge in [0.15, 0.2) is 11.5 Å². The highest BCUT2D eigenvalue weighted by molar-refractivity contribution is 5.85. The zero-order chi connectivity index (χ0) is 17.8. The average Bonchev–Trinajstić information content (AvgIpc) is 2.67. The van der Waals surface area contributed by atoms with E-state index in [1.165, 1.54) is 17.2 Å². The highest BCUT2D eigenvalue weighted by atomic mass is 16.5. The molecule has 0 fully saturated rings. The van der Waals surface area contributed by atoms with Gasteiger partial charge < -0.3 is 14.2 Å². The molecule has 7 heteroatoms. The molecule has 0 unspecified atom stereocenters. The van der Waals surface area contributed by atoms with Crippen LogP contribution in [0.15, 0.2) is 52.6 Å². The summed E-state index contributed by atoms with van der Waals surface area (Å²) in [6.07, 6.45) is 2.90. The summed E-state index contributed by atoms with van der Waals surface area (Å²) in [5, 5.41) is 4.71. The summed E-state index contributed by atoms with van der Waals surface area (Å²) in [4.78, 5) is 16.7. The van der Waals surface area contributed by atoms with E-state index < -0.39 is 0 Å². The van der Waals surface area contributed by atoms with E-state index in [4.69, 9.17) is 14.2 Å². The van der Waals surface area contributed by atoms with Crippen LogP contribution in [0.2, 0.25) is 0 Å². The molecule has 1 heterocycles. The number of aromatic nitrogens is 2. The van der Waals surface area contributed by atoms with Crippen molar-refractivity contribution in [3.63, 3.8) is 0 Å². The van der Waals surface area contributed by atoms with Gasteiger partial charge in [-0.2, -0.15) is 9.78 Å². The second-order valence-corrected chi connectivity index (χ2v) is 5.11. The normalized spacial score (nSPS) is 11.0. The van der Waals surface area contributed by atoms with Crippen molar-refractivity contribution in [2.24, 2.45) is 5.10 Å². The fraction of sp³-hybridized carbons (Fsp3) is 0.167. The molecule has 0 atom stereocenters. The first-order valence-electron chi connectivity index (χ1n) is 7.48. The third kappa shape index (κ3) is 3.16. The molecule has 3 rings (SSSR count). The van der Waals surface area contributed by atoms with Gasteiger partial charge in [0.2, 0.25) is 0 Å². The first-order chi connectivity index (χ1) is 12.2. The van der Waals surface area contributed by atoms with Gasteiger partial charge in [-0.15, -0.1) is 0 Å². The van der Waals surface area contributed by atoms with Crippen molar-refractivity contribution in [1.29, 1.82) is 0 Å². The summed E-state index contributed by atoms with van der Waals surface area (Å²) in [5.74, 6) is 1.62. The fourth-order valence-electron chi connectivity index (χ4n) is 2.42. The summed E-state index contributed by atoms with van der Waals surface area (Å²) in [6, 6.07) is 10.5. The van der Waals surface area contributed by atoms with Crippen molar-refractivity contribution in [1.82, 2.24) is 9.66 Å². The third-order valence-corrected chi connectivity index (χ3v) is 3.71. The summed E-state index contributed by atoms with van der Waals surface area (Å²) in [6.45, 7) is 0. The molecule has 0 radical (unpaired) electrons. The number of hydrogen-bond acceptors (Lipinski definition) is 6. The number of fused-ring (bicyclic) bond motifs is 1. The zero-order valence-corrected chi connectivity index (χ0v) is 14.1. The number of para-hydroxylation sites is 1. The van der Waals surface area contributed by atoms with Crippen molar-refractivity contribution in [3.8, 4) is 17.2 Å². The maximum atomic E-state index is 12.5. The number of benzene rings is 2. The van der Waals surface area contributed by atoms with E-state index in [0.29, 0.717) is 33.7 Å². The van der Waals surface area contributed by atoms with Crippen LogP contribution in [0.3, 0.4) is 0 Å². The minimum atomic E-state index is -0.249. The highest BCUT2D eigenvalue weighted by Crippen LogP contribution is 2.33. The molecule has 128 valence electrons. The second-order valence-electron chi connectivity index (χ2n) is 5.11. The Bertz CT molecular complexity index is 995. The van der Waals surface area contributed by atoms with Crippen molar-refractivity contribution >= 4 is 17.1 Å². The molecule has 0 saturated heterocycles. The largest absolute Gasteiger partial charge is 0.496 e. The highest BCUT2D eigenvalue weighted by Gasteiger charge is 2.10. The number of ether oxygens (including phenoxy) is 3.